The molecule has 0 saturated heterocycles. The van der Waals surface area contributed by atoms with E-state index in [1.807, 2.05) is 0 Å². The van der Waals surface area contributed by atoms with Gasteiger partial charge in [0.15, 0.2) is 0 Å². The van der Waals surface area contributed by atoms with Crippen molar-refractivity contribution in [1.82, 2.24) is 0 Å². The summed E-state index contributed by atoms with van der Waals surface area (Å²) < 4.78 is 5.04. The molecule has 0 aromatic heterocycles. The Labute approximate surface area is 81.8 Å². The molecule has 1 rings (SSSR count). The van der Waals surface area contributed by atoms with Crippen LogP contribution in [0, 0.1) is 11.3 Å². The van der Waals surface area contributed by atoms with Crippen molar-refractivity contribution < 1.29 is 4.74 Å². The number of methoxy groups -OCH3 is 1. The summed E-state index contributed by atoms with van der Waals surface area (Å²) in [5, 5.41) is 0. The topological polar surface area (TPSA) is 35.2 Å². The minimum absolute atomic E-state index is 0.424. The van der Waals surface area contributed by atoms with Crippen molar-refractivity contribution >= 4 is 0 Å². The van der Waals surface area contributed by atoms with Gasteiger partial charge in [-0.05, 0) is 43.6 Å². The van der Waals surface area contributed by atoms with Gasteiger partial charge in [0.2, 0.25) is 0 Å². The van der Waals surface area contributed by atoms with Crippen LogP contribution < -0.4 is 5.73 Å². The van der Waals surface area contributed by atoms with E-state index in [1.165, 1.54) is 32.1 Å². The lowest BCUT2D eigenvalue weighted by Crippen LogP contribution is -2.29. The van der Waals surface area contributed by atoms with Crippen molar-refractivity contribution in [2.24, 2.45) is 17.1 Å². The van der Waals surface area contributed by atoms with Gasteiger partial charge in [0.05, 0.1) is 0 Å². The van der Waals surface area contributed by atoms with Gasteiger partial charge in [0, 0.05) is 13.7 Å². The van der Waals surface area contributed by atoms with Crippen LogP contribution >= 0.6 is 0 Å². The molecule has 0 radical (unpaired) electrons. The third kappa shape index (κ3) is 3.28. The number of ether oxygens (including phenoxy) is 1. The first-order valence-electron chi connectivity index (χ1n) is 5.42. The highest BCUT2D eigenvalue weighted by molar-refractivity contribution is 4.91. The molecule has 0 amide bonds. The Morgan fingerprint density at radius 1 is 1.38 bits per heavy atom. The molecule has 1 aliphatic carbocycles. The highest BCUT2D eigenvalue weighted by atomic mass is 16.5. The third-order valence-corrected chi connectivity index (χ3v) is 3.38. The van der Waals surface area contributed by atoms with Crippen LogP contribution in [0.4, 0.5) is 0 Å². The highest BCUT2D eigenvalue weighted by Gasteiger charge is 2.39. The van der Waals surface area contributed by atoms with Crippen molar-refractivity contribution in [3.63, 3.8) is 0 Å². The van der Waals surface area contributed by atoms with E-state index in [-0.39, 0.29) is 0 Å². The van der Waals surface area contributed by atoms with Gasteiger partial charge in [-0.15, -0.1) is 0 Å². The van der Waals surface area contributed by atoms with Crippen LogP contribution in [0.1, 0.15) is 39.0 Å². The second-order valence-electron chi connectivity index (χ2n) is 4.58. The quantitative estimate of drug-likeness (QED) is 0.617. The van der Waals surface area contributed by atoms with Gasteiger partial charge in [-0.2, -0.15) is 0 Å². The van der Waals surface area contributed by atoms with Crippen molar-refractivity contribution in [1.29, 1.82) is 0 Å². The van der Waals surface area contributed by atoms with Gasteiger partial charge < -0.3 is 10.5 Å². The Kier molecular flexibility index (Phi) is 4.20. The summed E-state index contributed by atoms with van der Waals surface area (Å²) in [5.41, 5.74) is 6.26. The molecule has 2 N–H and O–H groups in total. The van der Waals surface area contributed by atoms with Crippen molar-refractivity contribution in [3.8, 4) is 0 Å². The summed E-state index contributed by atoms with van der Waals surface area (Å²) in [6.07, 6.45) is 6.52. The summed E-state index contributed by atoms with van der Waals surface area (Å²) >= 11 is 0. The van der Waals surface area contributed by atoms with E-state index < -0.39 is 0 Å². The fourth-order valence-corrected chi connectivity index (χ4v) is 2.03. The van der Waals surface area contributed by atoms with E-state index in [0.717, 1.165) is 19.1 Å². The van der Waals surface area contributed by atoms with Crippen molar-refractivity contribution in [2.45, 2.75) is 39.0 Å². The molecule has 2 heteroatoms. The SMILES string of the molecule is COCCCCC(C)(CN)C1CC1. The predicted molar refractivity (Wildman–Crippen MR) is 55.6 cm³/mol. The number of unbranched alkanes of at least 4 members (excludes halogenated alkanes) is 1. The van der Waals surface area contributed by atoms with E-state index in [0.29, 0.717) is 5.41 Å². The average Bonchev–Trinajstić information content (AvgIpc) is 2.95. The fourth-order valence-electron chi connectivity index (χ4n) is 2.03. The molecule has 0 aromatic carbocycles. The third-order valence-electron chi connectivity index (χ3n) is 3.38. The molecule has 0 aliphatic heterocycles. The van der Waals surface area contributed by atoms with Gasteiger partial charge in [0.1, 0.15) is 0 Å². The van der Waals surface area contributed by atoms with E-state index in [2.05, 4.69) is 6.92 Å². The van der Waals surface area contributed by atoms with Crippen LogP contribution in [-0.4, -0.2) is 20.3 Å². The molecule has 1 atom stereocenters. The molecule has 0 bridgehead atoms. The van der Waals surface area contributed by atoms with E-state index in [1.54, 1.807) is 7.11 Å². The van der Waals surface area contributed by atoms with Crippen LogP contribution in [-0.2, 0) is 4.74 Å². The van der Waals surface area contributed by atoms with Crippen molar-refractivity contribution in [2.75, 3.05) is 20.3 Å². The Hall–Kier alpha value is -0.0800. The molecule has 0 spiro atoms. The summed E-state index contributed by atoms with van der Waals surface area (Å²) in [6, 6.07) is 0. The van der Waals surface area contributed by atoms with Gasteiger partial charge in [-0.25, -0.2) is 0 Å². The Morgan fingerprint density at radius 2 is 2.08 bits per heavy atom. The molecule has 1 fully saturated rings. The van der Waals surface area contributed by atoms with Crippen LogP contribution in [0.3, 0.4) is 0 Å². The Bertz CT molecular complexity index is 145. The highest BCUT2D eigenvalue weighted by Crippen LogP contribution is 2.47. The van der Waals surface area contributed by atoms with Crippen LogP contribution in [0.5, 0.6) is 0 Å². The maximum Gasteiger partial charge on any atom is 0.0462 e. The second-order valence-corrected chi connectivity index (χ2v) is 4.58. The molecule has 0 aromatic rings. The van der Waals surface area contributed by atoms with Crippen LogP contribution in [0.15, 0.2) is 0 Å². The summed E-state index contributed by atoms with van der Waals surface area (Å²) in [4.78, 5) is 0. The van der Waals surface area contributed by atoms with Crippen molar-refractivity contribution in [3.05, 3.63) is 0 Å². The standard InChI is InChI=1S/C11H23NO/c1-11(9-12,10-5-6-10)7-3-4-8-13-2/h10H,3-9,12H2,1-2H3. The minimum Gasteiger partial charge on any atom is -0.385 e. The van der Waals surface area contributed by atoms with E-state index in [4.69, 9.17) is 10.5 Å². The zero-order valence-corrected chi connectivity index (χ0v) is 9.01. The Morgan fingerprint density at radius 3 is 2.54 bits per heavy atom. The van der Waals surface area contributed by atoms with E-state index >= 15 is 0 Å². The molecule has 1 aliphatic rings. The molecule has 2 nitrogen and oxygen atoms in total. The zero-order valence-electron chi connectivity index (χ0n) is 9.01. The normalized spacial score (nSPS) is 21.5. The fraction of sp³-hybridized carbons (Fsp3) is 1.00. The molecule has 1 saturated carbocycles. The average molecular weight is 185 g/mol. The summed E-state index contributed by atoms with van der Waals surface area (Å²) in [6.45, 7) is 4.09. The summed E-state index contributed by atoms with van der Waals surface area (Å²) in [7, 11) is 1.77. The molecule has 78 valence electrons. The van der Waals surface area contributed by atoms with Gasteiger partial charge in [-0.3, -0.25) is 0 Å². The van der Waals surface area contributed by atoms with Gasteiger partial charge in [0.25, 0.3) is 0 Å². The molecule has 0 heterocycles. The van der Waals surface area contributed by atoms with E-state index in [9.17, 15) is 0 Å². The lowest BCUT2D eigenvalue weighted by molar-refractivity contribution is 0.179. The lowest BCUT2D eigenvalue weighted by Gasteiger charge is -2.27. The first kappa shape index (κ1) is 11.0. The van der Waals surface area contributed by atoms with Crippen LogP contribution in [0.2, 0.25) is 0 Å². The molecule has 1 unspecified atom stereocenters. The molecular formula is C11H23NO. The largest absolute Gasteiger partial charge is 0.385 e. The molecule has 13 heavy (non-hydrogen) atoms. The maximum atomic E-state index is 5.83. The lowest BCUT2D eigenvalue weighted by atomic mass is 9.80. The van der Waals surface area contributed by atoms with Gasteiger partial charge in [-0.1, -0.05) is 13.3 Å². The number of nitrogens with two attached hydrogens (primary N) is 1. The number of hydrogen-bond donors (Lipinski definition) is 1. The monoisotopic (exact) mass is 185 g/mol. The van der Waals surface area contributed by atoms with Gasteiger partial charge >= 0.3 is 0 Å². The summed E-state index contributed by atoms with van der Waals surface area (Å²) in [5.74, 6) is 0.917. The minimum atomic E-state index is 0.424. The smallest absolute Gasteiger partial charge is 0.0462 e. The maximum absolute atomic E-state index is 5.83. The predicted octanol–water partition coefficient (Wildman–Crippen LogP) is 2.18. The second kappa shape index (κ2) is 4.97. The van der Waals surface area contributed by atoms with Crippen LogP contribution in [0.25, 0.3) is 0 Å². The Balaban J connectivity index is 2.15. The number of hydrogen-bond acceptors (Lipinski definition) is 2. The first-order valence-corrected chi connectivity index (χ1v) is 5.42. The molecular weight excluding hydrogens is 162 g/mol. The zero-order chi connectivity index (χ0) is 9.73. The first-order chi connectivity index (χ1) is 6.23. The number of rotatable bonds is 7.